The topological polar surface area (TPSA) is 69.6 Å². The fraction of sp³-hybridized carbons (Fsp3) is 0.429. The van der Waals surface area contributed by atoms with Gasteiger partial charge in [0.25, 0.3) is 5.91 Å². The maximum Gasteiger partial charge on any atom is 0.329 e. The zero-order chi connectivity index (χ0) is 14.2. The number of carboxylic acids is 1. The number of carbonyl (C=O) groups excluding carboxylic acids is 1. The summed E-state index contributed by atoms with van der Waals surface area (Å²) in [5.41, 5.74) is 1.59. The Hall–Kier alpha value is -1.88. The van der Waals surface area contributed by atoms with Crippen LogP contribution in [0.3, 0.4) is 0 Å². The van der Waals surface area contributed by atoms with Gasteiger partial charge in [-0.2, -0.15) is 0 Å². The minimum Gasteiger partial charge on any atom is -0.480 e. The molecule has 0 aliphatic carbocycles. The first-order chi connectivity index (χ1) is 8.84. The maximum absolute atomic E-state index is 12.3. The highest BCUT2D eigenvalue weighted by Gasteiger charge is 2.35. The Kier molecular flexibility index (Phi) is 3.32. The van der Waals surface area contributed by atoms with Gasteiger partial charge in [-0.15, -0.1) is 0 Å². The van der Waals surface area contributed by atoms with Crippen LogP contribution in [0.5, 0.6) is 0 Å². The molecule has 0 atom stereocenters. The molecule has 1 aliphatic heterocycles. The van der Waals surface area contributed by atoms with Crippen LogP contribution in [0.25, 0.3) is 0 Å². The van der Waals surface area contributed by atoms with Crippen molar-refractivity contribution in [3.63, 3.8) is 0 Å². The van der Waals surface area contributed by atoms with Crippen molar-refractivity contribution < 1.29 is 14.7 Å². The summed E-state index contributed by atoms with van der Waals surface area (Å²) < 4.78 is 0. The molecule has 0 fully saturated rings. The summed E-state index contributed by atoms with van der Waals surface area (Å²) in [5.74, 6) is -1.30. The van der Waals surface area contributed by atoms with E-state index in [0.29, 0.717) is 5.56 Å². The minimum atomic E-state index is -1.23. The van der Waals surface area contributed by atoms with E-state index in [9.17, 15) is 9.59 Å². The van der Waals surface area contributed by atoms with Gasteiger partial charge in [-0.1, -0.05) is 6.07 Å². The molecule has 2 rings (SSSR count). The van der Waals surface area contributed by atoms with E-state index in [2.05, 4.69) is 5.32 Å². The van der Waals surface area contributed by atoms with E-state index in [1.807, 2.05) is 12.1 Å². The molecule has 5 nitrogen and oxygen atoms in total. The van der Waals surface area contributed by atoms with Gasteiger partial charge in [0.2, 0.25) is 0 Å². The number of likely N-dealkylation sites (N-methyl/N-ethyl adjacent to an activating group) is 1. The van der Waals surface area contributed by atoms with Gasteiger partial charge in [-0.25, -0.2) is 4.79 Å². The fourth-order valence-corrected chi connectivity index (χ4v) is 2.02. The first-order valence-corrected chi connectivity index (χ1v) is 6.18. The highest BCUT2D eigenvalue weighted by Crippen LogP contribution is 2.21. The number of benzene rings is 1. The number of nitrogens with one attached hydrogen (secondary N) is 1. The third-order valence-electron chi connectivity index (χ3n) is 3.75. The summed E-state index contributed by atoms with van der Waals surface area (Å²) >= 11 is 0. The van der Waals surface area contributed by atoms with E-state index in [4.69, 9.17) is 5.11 Å². The Balaban J connectivity index is 2.27. The van der Waals surface area contributed by atoms with Crippen molar-refractivity contribution in [2.75, 3.05) is 7.05 Å². The number of fused-ring (bicyclic) bond motifs is 1. The second-order valence-corrected chi connectivity index (χ2v) is 5.32. The fourth-order valence-electron chi connectivity index (χ4n) is 2.02. The molecule has 0 spiro atoms. The Bertz CT molecular complexity index is 537. The molecule has 5 heteroatoms. The van der Waals surface area contributed by atoms with Crippen molar-refractivity contribution in [1.29, 1.82) is 0 Å². The second-order valence-electron chi connectivity index (χ2n) is 5.32. The molecule has 19 heavy (non-hydrogen) atoms. The molecule has 1 heterocycles. The van der Waals surface area contributed by atoms with Crippen LogP contribution in [-0.4, -0.2) is 34.5 Å². The zero-order valence-electron chi connectivity index (χ0n) is 11.4. The predicted octanol–water partition coefficient (Wildman–Crippen LogP) is 1.23. The molecule has 0 aromatic heterocycles. The van der Waals surface area contributed by atoms with Gasteiger partial charge in [-0.3, -0.25) is 4.79 Å². The Morgan fingerprint density at radius 2 is 1.89 bits per heavy atom. The largest absolute Gasteiger partial charge is 0.480 e. The number of hydrogen-bond donors (Lipinski definition) is 2. The van der Waals surface area contributed by atoms with Crippen molar-refractivity contribution in [1.82, 2.24) is 10.2 Å². The summed E-state index contributed by atoms with van der Waals surface area (Å²) in [6, 6.07) is 5.51. The minimum absolute atomic E-state index is 0.276. The third kappa shape index (κ3) is 2.33. The van der Waals surface area contributed by atoms with E-state index in [1.165, 1.54) is 31.4 Å². The Labute approximate surface area is 112 Å². The molecule has 102 valence electrons. The van der Waals surface area contributed by atoms with Gasteiger partial charge >= 0.3 is 5.97 Å². The molecule has 0 bridgehead atoms. The normalized spacial score (nSPS) is 14.1. The molecule has 1 amide bonds. The lowest BCUT2D eigenvalue weighted by Gasteiger charge is -2.31. The lowest BCUT2D eigenvalue weighted by Crippen LogP contribution is -2.50. The standard InChI is InChI=1S/C14H18N2O3/c1-14(2,13(18)19)16(3)12(17)9-4-5-10-7-15-8-11(10)6-9/h4-6,15H,7-8H2,1-3H3,(H,18,19). The number of amides is 1. The van der Waals surface area contributed by atoms with Gasteiger partial charge in [0.15, 0.2) is 0 Å². The molecular weight excluding hydrogens is 244 g/mol. The second kappa shape index (κ2) is 4.66. The summed E-state index contributed by atoms with van der Waals surface area (Å²) in [4.78, 5) is 24.8. The van der Waals surface area contributed by atoms with Crippen molar-refractivity contribution in [3.05, 3.63) is 34.9 Å². The van der Waals surface area contributed by atoms with Crippen molar-refractivity contribution >= 4 is 11.9 Å². The third-order valence-corrected chi connectivity index (χ3v) is 3.75. The van der Waals surface area contributed by atoms with Gasteiger partial charge in [0.05, 0.1) is 0 Å². The molecule has 0 unspecified atom stereocenters. The smallest absolute Gasteiger partial charge is 0.329 e. The van der Waals surface area contributed by atoms with Crippen LogP contribution in [0.1, 0.15) is 35.3 Å². The highest BCUT2D eigenvalue weighted by molar-refractivity contribution is 5.97. The summed E-state index contributed by atoms with van der Waals surface area (Å²) in [6.07, 6.45) is 0. The number of hydrogen-bond acceptors (Lipinski definition) is 3. The van der Waals surface area contributed by atoms with Gasteiger partial charge in [-0.05, 0) is 37.1 Å². The SMILES string of the molecule is CN(C(=O)c1ccc2c(c1)CNC2)C(C)(C)C(=O)O. The number of carbonyl (C=O) groups is 2. The molecule has 2 N–H and O–H groups in total. The van der Waals surface area contributed by atoms with Crippen LogP contribution in [0, 0.1) is 0 Å². The van der Waals surface area contributed by atoms with Crippen molar-refractivity contribution in [2.24, 2.45) is 0 Å². The summed E-state index contributed by atoms with van der Waals surface area (Å²) in [5, 5.41) is 12.4. The predicted molar refractivity (Wildman–Crippen MR) is 70.8 cm³/mol. The lowest BCUT2D eigenvalue weighted by molar-refractivity contribution is -0.147. The summed E-state index contributed by atoms with van der Waals surface area (Å²) in [7, 11) is 1.52. The van der Waals surface area contributed by atoms with Crippen molar-refractivity contribution in [2.45, 2.75) is 32.5 Å². The van der Waals surface area contributed by atoms with E-state index < -0.39 is 11.5 Å². The molecule has 1 aromatic rings. The number of rotatable bonds is 3. The van der Waals surface area contributed by atoms with Gasteiger partial charge in [0.1, 0.15) is 5.54 Å². The van der Waals surface area contributed by atoms with Crippen LogP contribution in [0.4, 0.5) is 0 Å². The first kappa shape index (κ1) is 13.5. The monoisotopic (exact) mass is 262 g/mol. The Morgan fingerprint density at radius 1 is 1.26 bits per heavy atom. The summed E-state index contributed by atoms with van der Waals surface area (Å²) in [6.45, 7) is 4.60. The Morgan fingerprint density at radius 3 is 2.53 bits per heavy atom. The molecule has 1 aromatic carbocycles. The van der Waals surface area contributed by atoms with E-state index >= 15 is 0 Å². The molecule has 0 radical (unpaired) electrons. The number of nitrogens with zero attached hydrogens (tertiary/aromatic N) is 1. The van der Waals surface area contributed by atoms with E-state index in [0.717, 1.165) is 18.7 Å². The van der Waals surface area contributed by atoms with Crippen LogP contribution in [0.15, 0.2) is 18.2 Å². The molecular formula is C14H18N2O3. The lowest BCUT2D eigenvalue weighted by atomic mass is 10.0. The zero-order valence-corrected chi connectivity index (χ0v) is 11.4. The number of aliphatic carboxylic acids is 1. The molecule has 0 saturated heterocycles. The molecule has 1 aliphatic rings. The average molecular weight is 262 g/mol. The van der Waals surface area contributed by atoms with Gasteiger partial charge in [0, 0.05) is 25.7 Å². The van der Waals surface area contributed by atoms with Crippen LogP contribution in [-0.2, 0) is 17.9 Å². The van der Waals surface area contributed by atoms with E-state index in [1.54, 1.807) is 6.07 Å². The first-order valence-electron chi connectivity index (χ1n) is 6.18. The number of carboxylic acid groups (broad SMARTS) is 1. The molecule has 0 saturated carbocycles. The highest BCUT2D eigenvalue weighted by atomic mass is 16.4. The quantitative estimate of drug-likeness (QED) is 0.859. The maximum atomic E-state index is 12.3. The van der Waals surface area contributed by atoms with Crippen LogP contribution < -0.4 is 5.32 Å². The van der Waals surface area contributed by atoms with Gasteiger partial charge < -0.3 is 15.3 Å². The van der Waals surface area contributed by atoms with Crippen LogP contribution in [0.2, 0.25) is 0 Å². The average Bonchev–Trinajstić information content (AvgIpc) is 2.83. The van der Waals surface area contributed by atoms with E-state index in [-0.39, 0.29) is 5.91 Å². The van der Waals surface area contributed by atoms with Crippen LogP contribution >= 0.6 is 0 Å². The van der Waals surface area contributed by atoms with Crippen molar-refractivity contribution in [3.8, 4) is 0 Å².